The molecule has 0 spiro atoms. The van der Waals surface area contributed by atoms with Crippen molar-refractivity contribution < 1.29 is 17.9 Å². The van der Waals surface area contributed by atoms with E-state index in [1.807, 2.05) is 25.1 Å². The molecule has 0 aliphatic carbocycles. The van der Waals surface area contributed by atoms with Gasteiger partial charge in [-0.1, -0.05) is 30.3 Å². The van der Waals surface area contributed by atoms with Gasteiger partial charge in [-0.05, 0) is 69.6 Å². The largest absolute Gasteiger partial charge is 0.494 e. The number of carbonyl (C=O) groups is 1. The van der Waals surface area contributed by atoms with E-state index in [0.717, 1.165) is 19.5 Å². The van der Waals surface area contributed by atoms with Crippen LogP contribution in [0.15, 0.2) is 59.5 Å². The minimum atomic E-state index is -3.56. The third kappa shape index (κ3) is 7.28. The summed E-state index contributed by atoms with van der Waals surface area (Å²) in [6, 6.07) is 16.8. The molecule has 1 aliphatic heterocycles. The highest BCUT2D eigenvalue weighted by Crippen LogP contribution is 2.25. The maximum absolute atomic E-state index is 12.9. The van der Waals surface area contributed by atoms with Crippen LogP contribution >= 0.6 is 0 Å². The maximum atomic E-state index is 12.9. The molecule has 0 bridgehead atoms. The number of hydrogen-bond acceptors (Lipinski definition) is 5. The molecular formula is C25H35N3O4S. The topological polar surface area (TPSA) is 79.0 Å². The van der Waals surface area contributed by atoms with Gasteiger partial charge < -0.3 is 15.0 Å². The number of rotatable bonds is 11. The summed E-state index contributed by atoms with van der Waals surface area (Å²) >= 11 is 0. The molecule has 33 heavy (non-hydrogen) atoms. The number of carbonyl (C=O) groups excluding carboxylic acids is 1. The van der Waals surface area contributed by atoms with Gasteiger partial charge in [0.15, 0.2) is 0 Å². The molecule has 0 aromatic heterocycles. The first-order chi connectivity index (χ1) is 15.9. The monoisotopic (exact) mass is 473 g/mol. The van der Waals surface area contributed by atoms with Crippen LogP contribution in [0.25, 0.3) is 0 Å². The summed E-state index contributed by atoms with van der Waals surface area (Å²) in [5.74, 6) is 0.538. The Morgan fingerprint density at radius 2 is 1.76 bits per heavy atom. The first-order valence-corrected chi connectivity index (χ1v) is 13.1. The molecule has 1 fully saturated rings. The quantitative estimate of drug-likeness (QED) is 0.508. The molecule has 8 heteroatoms. The number of hydrogen-bond donors (Lipinski definition) is 1. The minimum Gasteiger partial charge on any atom is -0.494 e. The van der Waals surface area contributed by atoms with Crippen LogP contribution in [0.4, 0.5) is 0 Å². The number of amides is 1. The predicted molar refractivity (Wildman–Crippen MR) is 129 cm³/mol. The van der Waals surface area contributed by atoms with Crippen molar-refractivity contribution in [2.75, 3.05) is 39.8 Å². The van der Waals surface area contributed by atoms with Crippen molar-refractivity contribution in [2.24, 2.45) is 5.92 Å². The third-order valence-corrected chi connectivity index (χ3v) is 7.82. The summed E-state index contributed by atoms with van der Waals surface area (Å²) in [5, 5.41) is 3.03. The highest BCUT2D eigenvalue weighted by atomic mass is 32.2. The second-order valence-corrected chi connectivity index (χ2v) is 10.4. The fraction of sp³-hybridized carbons (Fsp3) is 0.480. The molecular weight excluding hydrogens is 438 g/mol. The summed E-state index contributed by atoms with van der Waals surface area (Å²) in [4.78, 5) is 15.1. The van der Waals surface area contributed by atoms with Gasteiger partial charge >= 0.3 is 0 Å². The molecule has 1 saturated heterocycles. The SMILES string of the molecule is CCOc1ccc(S(=O)(=O)N2CCC(C(=O)NCCCN(C)Cc3ccccc3)CC2)cc1. The van der Waals surface area contributed by atoms with E-state index in [0.29, 0.717) is 44.8 Å². The molecule has 1 aliphatic rings. The Bertz CT molecular complexity index is 972. The molecule has 1 heterocycles. The Kier molecular flexibility index (Phi) is 9.29. The van der Waals surface area contributed by atoms with E-state index in [2.05, 4.69) is 29.4 Å². The maximum Gasteiger partial charge on any atom is 0.243 e. The lowest BCUT2D eigenvalue weighted by Crippen LogP contribution is -2.43. The zero-order chi connectivity index (χ0) is 23.7. The van der Waals surface area contributed by atoms with E-state index >= 15 is 0 Å². The van der Waals surface area contributed by atoms with Gasteiger partial charge in [0.05, 0.1) is 11.5 Å². The van der Waals surface area contributed by atoms with Crippen LogP contribution < -0.4 is 10.1 Å². The zero-order valence-corrected chi connectivity index (χ0v) is 20.4. The lowest BCUT2D eigenvalue weighted by Gasteiger charge is -2.30. The lowest BCUT2D eigenvalue weighted by atomic mass is 9.97. The van der Waals surface area contributed by atoms with Crippen LogP contribution in [-0.2, 0) is 21.4 Å². The lowest BCUT2D eigenvalue weighted by molar-refractivity contribution is -0.126. The fourth-order valence-corrected chi connectivity index (χ4v) is 5.53. The van der Waals surface area contributed by atoms with E-state index in [-0.39, 0.29) is 16.7 Å². The van der Waals surface area contributed by atoms with E-state index in [1.54, 1.807) is 24.3 Å². The van der Waals surface area contributed by atoms with Crippen molar-refractivity contribution in [2.45, 2.75) is 37.6 Å². The minimum absolute atomic E-state index is 0.0267. The second kappa shape index (κ2) is 12.2. The van der Waals surface area contributed by atoms with Gasteiger partial charge in [-0.3, -0.25) is 4.79 Å². The summed E-state index contributed by atoms with van der Waals surface area (Å²) in [5.41, 5.74) is 1.27. The van der Waals surface area contributed by atoms with E-state index < -0.39 is 10.0 Å². The second-order valence-electron chi connectivity index (χ2n) is 8.45. The van der Waals surface area contributed by atoms with Gasteiger partial charge in [-0.25, -0.2) is 8.42 Å². The van der Waals surface area contributed by atoms with Crippen molar-refractivity contribution in [1.29, 1.82) is 0 Å². The summed E-state index contributed by atoms with van der Waals surface area (Å²) in [7, 11) is -1.48. The summed E-state index contributed by atoms with van der Waals surface area (Å²) < 4.78 is 32.7. The van der Waals surface area contributed by atoms with Crippen LogP contribution in [0.2, 0.25) is 0 Å². The van der Waals surface area contributed by atoms with Gasteiger partial charge in [-0.2, -0.15) is 4.31 Å². The molecule has 7 nitrogen and oxygen atoms in total. The van der Waals surface area contributed by atoms with Gasteiger partial charge in [-0.15, -0.1) is 0 Å². The van der Waals surface area contributed by atoms with Crippen molar-refractivity contribution in [3.63, 3.8) is 0 Å². The van der Waals surface area contributed by atoms with Crippen molar-refractivity contribution >= 4 is 15.9 Å². The molecule has 2 aromatic rings. The Hall–Kier alpha value is -2.42. The standard InChI is InChI=1S/C25H35N3O4S/c1-3-32-23-10-12-24(13-11-23)33(30,31)28-18-14-22(15-19-28)25(29)26-16-7-17-27(2)20-21-8-5-4-6-9-21/h4-6,8-13,22H,3,7,14-20H2,1-2H3,(H,26,29). The number of piperidine rings is 1. The number of ether oxygens (including phenoxy) is 1. The Morgan fingerprint density at radius 3 is 2.39 bits per heavy atom. The van der Waals surface area contributed by atoms with E-state index in [4.69, 9.17) is 4.74 Å². The number of nitrogens with zero attached hydrogens (tertiary/aromatic N) is 2. The van der Waals surface area contributed by atoms with Gasteiger partial charge in [0, 0.05) is 32.1 Å². The molecule has 3 rings (SSSR count). The molecule has 1 N–H and O–H groups in total. The van der Waals surface area contributed by atoms with Crippen molar-refractivity contribution in [3.8, 4) is 5.75 Å². The van der Waals surface area contributed by atoms with Gasteiger partial charge in [0.25, 0.3) is 0 Å². The van der Waals surface area contributed by atoms with Crippen LogP contribution in [0.3, 0.4) is 0 Å². The van der Waals surface area contributed by atoms with E-state index in [9.17, 15) is 13.2 Å². The van der Waals surface area contributed by atoms with Crippen LogP contribution in [-0.4, -0.2) is 63.4 Å². The number of benzene rings is 2. The highest BCUT2D eigenvalue weighted by Gasteiger charge is 2.32. The first kappa shape index (κ1) is 25.2. The first-order valence-electron chi connectivity index (χ1n) is 11.6. The molecule has 0 atom stereocenters. The Labute approximate surface area is 197 Å². The number of sulfonamides is 1. The normalized spacial score (nSPS) is 15.5. The molecule has 2 aromatic carbocycles. The number of nitrogens with one attached hydrogen (secondary N) is 1. The molecule has 180 valence electrons. The van der Waals surface area contributed by atoms with Crippen molar-refractivity contribution in [1.82, 2.24) is 14.5 Å². The average Bonchev–Trinajstić information content (AvgIpc) is 2.83. The van der Waals surface area contributed by atoms with Crippen LogP contribution in [0, 0.1) is 5.92 Å². The molecule has 0 unspecified atom stereocenters. The fourth-order valence-electron chi connectivity index (χ4n) is 4.06. The third-order valence-electron chi connectivity index (χ3n) is 5.91. The average molecular weight is 474 g/mol. The summed E-state index contributed by atoms with van der Waals surface area (Å²) in [6.07, 6.45) is 1.95. The van der Waals surface area contributed by atoms with Crippen LogP contribution in [0.5, 0.6) is 5.75 Å². The summed E-state index contributed by atoms with van der Waals surface area (Å²) in [6.45, 7) is 5.54. The van der Waals surface area contributed by atoms with Crippen molar-refractivity contribution in [3.05, 3.63) is 60.2 Å². The smallest absolute Gasteiger partial charge is 0.243 e. The van der Waals surface area contributed by atoms with Crippen LogP contribution in [0.1, 0.15) is 31.7 Å². The van der Waals surface area contributed by atoms with Gasteiger partial charge in [0.2, 0.25) is 15.9 Å². The Balaban J connectivity index is 1.38. The van der Waals surface area contributed by atoms with Gasteiger partial charge in [0.1, 0.15) is 5.75 Å². The highest BCUT2D eigenvalue weighted by molar-refractivity contribution is 7.89. The predicted octanol–water partition coefficient (Wildman–Crippen LogP) is 3.12. The molecule has 0 radical (unpaired) electrons. The van der Waals surface area contributed by atoms with E-state index in [1.165, 1.54) is 9.87 Å². The molecule has 0 saturated carbocycles. The molecule has 1 amide bonds. The zero-order valence-electron chi connectivity index (χ0n) is 19.6. The Morgan fingerprint density at radius 1 is 1.09 bits per heavy atom.